The molecule has 0 fully saturated rings. The number of ketones is 2. The summed E-state index contributed by atoms with van der Waals surface area (Å²) in [5.74, 6) is 0.0520. The molecule has 3 unspecified atom stereocenters. The number of carbonyl (C=O) groups excluding carboxylic acids is 2. The number of hydrogen-bond acceptors (Lipinski definition) is 2. The number of carbonyl (C=O) groups is 2. The highest BCUT2D eigenvalue weighted by Gasteiger charge is 2.35. The number of hydrogen-bond donors (Lipinski definition) is 0. The van der Waals surface area contributed by atoms with Crippen molar-refractivity contribution >= 4 is 11.6 Å². The third kappa shape index (κ3) is 15.4. The minimum Gasteiger partial charge on any atom is -0.300 e. The van der Waals surface area contributed by atoms with Gasteiger partial charge in [-0.05, 0) is 45.1 Å². The molecule has 2 heteroatoms. The molecule has 1 aromatic carbocycles. The van der Waals surface area contributed by atoms with Crippen molar-refractivity contribution in [1.82, 2.24) is 0 Å². The lowest BCUT2D eigenvalue weighted by Crippen LogP contribution is -2.32. The molecule has 0 amide bonds. The summed E-state index contributed by atoms with van der Waals surface area (Å²) in [6.45, 7) is 9.48. The summed E-state index contributed by atoms with van der Waals surface area (Å²) in [4.78, 5) is 24.3. The van der Waals surface area contributed by atoms with E-state index >= 15 is 0 Å². The standard InChI is InChI=1S/C19H28O2.9CH4/c1-6-8-18(14(4)20)19(15(5)21)17(7-2)16-11-9-13(3)10-12-16;;;;;;;;;/h9-12,17-19H,6-8H2,1-5H3;9*1H4. The Morgan fingerprint density at radius 1 is 0.733 bits per heavy atom. The first-order valence-electron chi connectivity index (χ1n) is 7.99. The van der Waals surface area contributed by atoms with E-state index in [0.717, 1.165) is 19.3 Å². The lowest BCUT2D eigenvalue weighted by Gasteiger charge is -2.30. The predicted octanol–water partition coefficient (Wildman–Crippen LogP) is 10.4. The van der Waals surface area contributed by atoms with Crippen LogP contribution in [-0.4, -0.2) is 11.6 Å². The third-order valence-electron chi connectivity index (χ3n) is 4.40. The number of aryl methyl sites for hydroxylation is 1. The lowest BCUT2D eigenvalue weighted by atomic mass is 9.71. The van der Waals surface area contributed by atoms with Gasteiger partial charge >= 0.3 is 0 Å². The highest BCUT2D eigenvalue weighted by Crippen LogP contribution is 2.36. The molecule has 0 spiro atoms. The Kier molecular flexibility index (Phi) is 52.1. The maximum absolute atomic E-state index is 12.3. The second kappa shape index (κ2) is 27.6. The molecule has 1 aromatic rings. The van der Waals surface area contributed by atoms with E-state index in [1.165, 1.54) is 11.1 Å². The predicted molar refractivity (Wildman–Crippen MR) is 148 cm³/mol. The van der Waals surface area contributed by atoms with Gasteiger partial charge in [0.15, 0.2) is 0 Å². The van der Waals surface area contributed by atoms with Gasteiger partial charge in [0, 0.05) is 11.8 Å². The van der Waals surface area contributed by atoms with Crippen molar-refractivity contribution in [3.05, 3.63) is 35.4 Å². The van der Waals surface area contributed by atoms with Crippen LogP contribution in [0.5, 0.6) is 0 Å². The van der Waals surface area contributed by atoms with Crippen molar-refractivity contribution in [1.29, 1.82) is 0 Å². The summed E-state index contributed by atoms with van der Waals surface area (Å²) in [5.41, 5.74) is 2.38. The molecule has 0 aliphatic carbocycles. The molecule has 0 N–H and O–H groups in total. The van der Waals surface area contributed by atoms with E-state index < -0.39 is 0 Å². The summed E-state index contributed by atoms with van der Waals surface area (Å²) < 4.78 is 0. The van der Waals surface area contributed by atoms with Gasteiger partial charge in [0.1, 0.15) is 11.6 Å². The fourth-order valence-corrected chi connectivity index (χ4v) is 3.30. The van der Waals surface area contributed by atoms with E-state index in [0.29, 0.717) is 0 Å². The van der Waals surface area contributed by atoms with Crippen molar-refractivity contribution in [2.45, 2.75) is 127 Å². The molecule has 0 heterocycles. The van der Waals surface area contributed by atoms with Crippen molar-refractivity contribution in [3.8, 4) is 0 Å². The zero-order valence-electron chi connectivity index (χ0n) is 14.0. The normalized spacial score (nSPS) is 10.7. The van der Waals surface area contributed by atoms with Crippen LogP contribution in [0.2, 0.25) is 0 Å². The first kappa shape index (κ1) is 56.7. The van der Waals surface area contributed by atoms with E-state index in [4.69, 9.17) is 0 Å². The van der Waals surface area contributed by atoms with Gasteiger partial charge in [-0.25, -0.2) is 0 Å². The monoisotopic (exact) mass is 432 g/mol. The Labute approximate surface area is 195 Å². The van der Waals surface area contributed by atoms with Gasteiger partial charge < -0.3 is 0 Å². The Morgan fingerprint density at radius 3 is 1.40 bits per heavy atom. The average molecular weight is 433 g/mol. The van der Waals surface area contributed by atoms with E-state index in [2.05, 4.69) is 45.0 Å². The maximum atomic E-state index is 12.3. The van der Waals surface area contributed by atoms with Crippen molar-refractivity contribution < 1.29 is 9.59 Å². The van der Waals surface area contributed by atoms with Gasteiger partial charge in [-0.1, -0.05) is 117 Å². The summed E-state index contributed by atoms with van der Waals surface area (Å²) in [5, 5.41) is 0. The summed E-state index contributed by atoms with van der Waals surface area (Å²) in [7, 11) is 0. The van der Waals surface area contributed by atoms with Crippen LogP contribution in [0.4, 0.5) is 0 Å². The summed E-state index contributed by atoms with van der Waals surface area (Å²) in [6, 6.07) is 8.36. The fourth-order valence-electron chi connectivity index (χ4n) is 3.30. The quantitative estimate of drug-likeness (QED) is 0.409. The number of rotatable bonds is 8. The SMILES string of the molecule is C.C.C.C.C.C.C.C.C.CCCC(C(C)=O)C(C(C)=O)C(CC)c1ccc(C)cc1. The molecule has 0 aliphatic heterocycles. The minimum atomic E-state index is -0.199. The second-order valence-electron chi connectivity index (χ2n) is 6.07. The molecule has 0 saturated carbocycles. The van der Waals surface area contributed by atoms with Crippen molar-refractivity contribution in [2.75, 3.05) is 0 Å². The summed E-state index contributed by atoms with van der Waals surface area (Å²) in [6.07, 6.45) is 2.60. The Morgan fingerprint density at radius 2 is 1.13 bits per heavy atom. The molecule has 0 aromatic heterocycles. The number of Topliss-reactive ketones (excluding diaryl/α,β-unsaturated/α-hetero) is 2. The van der Waals surface area contributed by atoms with Gasteiger partial charge in [-0.3, -0.25) is 9.59 Å². The Balaban J connectivity index is -0.0000000700. The van der Waals surface area contributed by atoms with E-state index in [9.17, 15) is 9.59 Å². The van der Waals surface area contributed by atoms with Gasteiger partial charge in [-0.15, -0.1) is 0 Å². The molecule has 1 rings (SSSR count). The fraction of sp³-hybridized carbons (Fsp3) is 0.714. The van der Waals surface area contributed by atoms with E-state index in [1.807, 2.05) is 0 Å². The van der Waals surface area contributed by atoms with E-state index in [1.54, 1.807) is 13.8 Å². The molecule has 2 nitrogen and oxygen atoms in total. The Bertz CT molecular complexity index is 474. The molecule has 30 heavy (non-hydrogen) atoms. The first-order chi connectivity index (χ1) is 9.92. The van der Waals surface area contributed by atoms with Crippen LogP contribution in [-0.2, 0) is 9.59 Å². The zero-order chi connectivity index (χ0) is 16.0. The lowest BCUT2D eigenvalue weighted by molar-refractivity contribution is -0.131. The molecule has 188 valence electrons. The molecule has 0 aliphatic rings. The zero-order valence-corrected chi connectivity index (χ0v) is 14.0. The van der Waals surface area contributed by atoms with Gasteiger partial charge in [0.25, 0.3) is 0 Å². The topological polar surface area (TPSA) is 34.1 Å². The molecule has 0 bridgehead atoms. The van der Waals surface area contributed by atoms with Crippen LogP contribution in [0.1, 0.15) is 131 Å². The smallest absolute Gasteiger partial charge is 0.134 e. The Hall–Kier alpha value is -1.44. The molecular formula is C28H64O2. The highest BCUT2D eigenvalue weighted by molar-refractivity contribution is 5.88. The molecule has 0 radical (unpaired) electrons. The van der Waals surface area contributed by atoms with Gasteiger partial charge in [0.05, 0.1) is 0 Å². The molecule has 3 atom stereocenters. The third-order valence-corrected chi connectivity index (χ3v) is 4.40. The number of benzene rings is 1. The first-order valence-corrected chi connectivity index (χ1v) is 7.99. The average Bonchev–Trinajstić information content (AvgIpc) is 2.43. The van der Waals surface area contributed by atoms with Crippen LogP contribution in [0.15, 0.2) is 24.3 Å². The van der Waals surface area contributed by atoms with E-state index in [-0.39, 0.29) is 96.2 Å². The van der Waals surface area contributed by atoms with Crippen LogP contribution >= 0.6 is 0 Å². The second-order valence-corrected chi connectivity index (χ2v) is 6.07. The summed E-state index contributed by atoms with van der Waals surface area (Å²) >= 11 is 0. The van der Waals surface area contributed by atoms with Gasteiger partial charge in [0.2, 0.25) is 0 Å². The van der Waals surface area contributed by atoms with Crippen LogP contribution in [0.3, 0.4) is 0 Å². The largest absolute Gasteiger partial charge is 0.300 e. The van der Waals surface area contributed by atoms with Crippen molar-refractivity contribution in [3.63, 3.8) is 0 Å². The maximum Gasteiger partial charge on any atom is 0.134 e. The van der Waals surface area contributed by atoms with Crippen LogP contribution in [0.25, 0.3) is 0 Å². The minimum absolute atomic E-state index is 0. The highest BCUT2D eigenvalue weighted by atomic mass is 16.1. The molecule has 0 saturated heterocycles. The van der Waals surface area contributed by atoms with Crippen LogP contribution < -0.4 is 0 Å². The van der Waals surface area contributed by atoms with Gasteiger partial charge in [-0.2, -0.15) is 0 Å². The van der Waals surface area contributed by atoms with Crippen molar-refractivity contribution in [2.24, 2.45) is 11.8 Å². The van der Waals surface area contributed by atoms with Crippen LogP contribution in [0, 0.1) is 18.8 Å². The molecular weight excluding hydrogens is 368 g/mol.